The lowest BCUT2D eigenvalue weighted by Crippen LogP contribution is -2.65. The molecule has 0 aromatic heterocycles. The number of aliphatic hydroxyl groups is 3. The molecule has 0 spiro atoms. The number of aryl methyl sites for hydroxylation is 1. The second-order valence-corrected chi connectivity index (χ2v) is 20.5. The van der Waals surface area contributed by atoms with E-state index in [4.69, 9.17) is 15.2 Å². The van der Waals surface area contributed by atoms with Crippen molar-refractivity contribution in [2.75, 3.05) is 13.2 Å². The number of hydrogen-bond acceptors (Lipinski definition) is 8. The standard InChI is InChI=1S/C47H68N2O6/c1-29-18-23-54-46(27-29,41-40(55-41)45(6,52)42(2,3)19-14-31-17-22-49-38(48)24-31)37-16-21-47(53)35-26-36(51)34-25-33(50)15-20-43(34,4)39(35)32(28-44(37,47)5)13-12-30-10-8-7-9-11-30/h7-11,17,24,26,29,32-34,37,39-41,49-50,52-53H,12-16,18-23,25,27-28,48H2,1-6H3/t29-,32+,33+,34+,37+,39+,40+,41+,43+,44-,45+,46-,47-/m1/s1. The van der Waals surface area contributed by atoms with E-state index in [0.29, 0.717) is 44.2 Å². The Hall–Kier alpha value is -2.49. The third-order valence-electron chi connectivity index (χ3n) is 17.0. The van der Waals surface area contributed by atoms with Crippen molar-refractivity contribution in [1.82, 2.24) is 5.32 Å². The molecule has 0 amide bonds. The second-order valence-electron chi connectivity index (χ2n) is 20.5. The normalized spacial score (nSPS) is 43.8. The summed E-state index contributed by atoms with van der Waals surface area (Å²) in [6.07, 6.45) is 14.3. The number of ketones is 1. The predicted octanol–water partition coefficient (Wildman–Crippen LogP) is 6.92. The molecule has 3 heterocycles. The van der Waals surface area contributed by atoms with Gasteiger partial charge in [-0.25, -0.2) is 0 Å². The van der Waals surface area contributed by atoms with Gasteiger partial charge < -0.3 is 35.8 Å². The average Bonchev–Trinajstić information content (AvgIpc) is 3.91. The molecule has 8 heteroatoms. The number of rotatable bonds is 10. The molecule has 13 atom stereocenters. The number of nitrogens with one attached hydrogen (secondary N) is 1. The highest BCUT2D eigenvalue weighted by molar-refractivity contribution is 5.95. The van der Waals surface area contributed by atoms with E-state index in [9.17, 15) is 20.1 Å². The van der Waals surface area contributed by atoms with Gasteiger partial charge in [0.15, 0.2) is 5.78 Å². The van der Waals surface area contributed by atoms with E-state index in [0.717, 1.165) is 63.4 Å². The maximum Gasteiger partial charge on any atom is 0.159 e. The molecule has 6 N–H and O–H groups in total. The quantitative estimate of drug-likeness (QED) is 0.162. The first-order valence-corrected chi connectivity index (χ1v) is 21.6. The molecular formula is C47H68N2O6. The number of aliphatic hydroxyl groups excluding tert-OH is 1. The fourth-order valence-corrected chi connectivity index (χ4v) is 13.3. The molecule has 7 aliphatic rings. The van der Waals surface area contributed by atoms with E-state index in [2.05, 4.69) is 76.3 Å². The molecule has 3 saturated carbocycles. The molecule has 4 aliphatic carbocycles. The Balaban J connectivity index is 1.14. The molecular weight excluding hydrogens is 689 g/mol. The van der Waals surface area contributed by atoms with Gasteiger partial charge in [-0.1, -0.05) is 71.0 Å². The second kappa shape index (κ2) is 13.8. The van der Waals surface area contributed by atoms with Crippen LogP contribution in [0.3, 0.4) is 0 Å². The molecule has 55 heavy (non-hydrogen) atoms. The summed E-state index contributed by atoms with van der Waals surface area (Å²) in [5.74, 6) is 1.23. The highest BCUT2D eigenvalue weighted by Crippen LogP contribution is 2.72. The van der Waals surface area contributed by atoms with Gasteiger partial charge in [-0.2, -0.15) is 0 Å². The van der Waals surface area contributed by atoms with Crippen LogP contribution in [0.2, 0.25) is 0 Å². The maximum atomic E-state index is 14.2. The Bertz CT molecular complexity index is 1730. The van der Waals surface area contributed by atoms with Crippen molar-refractivity contribution in [3.05, 3.63) is 71.1 Å². The van der Waals surface area contributed by atoms with Crippen molar-refractivity contribution < 1.29 is 29.6 Å². The Morgan fingerprint density at radius 2 is 1.78 bits per heavy atom. The van der Waals surface area contributed by atoms with Gasteiger partial charge >= 0.3 is 0 Å². The van der Waals surface area contributed by atoms with E-state index >= 15 is 0 Å². The summed E-state index contributed by atoms with van der Waals surface area (Å²) in [5.41, 5.74) is 5.21. The van der Waals surface area contributed by atoms with Gasteiger partial charge in [0.25, 0.3) is 0 Å². The number of epoxide rings is 1. The van der Waals surface area contributed by atoms with E-state index < -0.39 is 39.8 Å². The lowest BCUT2D eigenvalue weighted by atomic mass is 9.42. The van der Waals surface area contributed by atoms with Crippen molar-refractivity contribution in [1.29, 1.82) is 0 Å². The minimum absolute atomic E-state index is 0.0236. The molecule has 0 radical (unpaired) electrons. The van der Waals surface area contributed by atoms with Crippen LogP contribution < -0.4 is 11.1 Å². The van der Waals surface area contributed by atoms with E-state index in [1.165, 1.54) is 11.1 Å². The van der Waals surface area contributed by atoms with Crippen molar-refractivity contribution in [3.8, 4) is 0 Å². The van der Waals surface area contributed by atoms with Crippen molar-refractivity contribution >= 4 is 5.78 Å². The third-order valence-corrected chi connectivity index (χ3v) is 17.0. The number of nitrogens with two attached hydrogens (primary N) is 1. The molecule has 0 bridgehead atoms. The van der Waals surface area contributed by atoms with E-state index in [1.54, 1.807) is 0 Å². The third kappa shape index (κ3) is 6.31. The monoisotopic (exact) mass is 757 g/mol. The van der Waals surface area contributed by atoms with E-state index in [-0.39, 0.29) is 41.0 Å². The molecule has 5 fully saturated rings. The molecule has 1 aromatic carbocycles. The van der Waals surface area contributed by atoms with Crippen molar-refractivity contribution in [2.24, 2.45) is 51.6 Å². The molecule has 8 nitrogen and oxygen atoms in total. The lowest BCUT2D eigenvalue weighted by Gasteiger charge is -2.63. The average molecular weight is 757 g/mol. The Kier molecular flexibility index (Phi) is 9.89. The molecule has 302 valence electrons. The highest BCUT2D eigenvalue weighted by atomic mass is 16.6. The molecule has 2 saturated heterocycles. The highest BCUT2D eigenvalue weighted by Gasteiger charge is 2.75. The first-order chi connectivity index (χ1) is 25.9. The summed E-state index contributed by atoms with van der Waals surface area (Å²) in [4.78, 5) is 14.2. The number of ether oxygens (including phenoxy) is 2. The molecule has 8 rings (SSSR count). The van der Waals surface area contributed by atoms with Gasteiger partial charge in [-0.15, -0.1) is 0 Å². The Labute approximate surface area is 329 Å². The van der Waals surface area contributed by atoms with Gasteiger partial charge in [0.1, 0.15) is 17.8 Å². The smallest absolute Gasteiger partial charge is 0.159 e. The summed E-state index contributed by atoms with van der Waals surface area (Å²) < 4.78 is 13.9. The minimum atomic E-state index is -1.16. The van der Waals surface area contributed by atoms with Crippen LogP contribution in [-0.4, -0.2) is 69.4 Å². The van der Waals surface area contributed by atoms with Gasteiger partial charge in [-0.3, -0.25) is 4.79 Å². The predicted molar refractivity (Wildman–Crippen MR) is 214 cm³/mol. The zero-order valence-corrected chi connectivity index (χ0v) is 34.3. The number of carbonyl (C=O) groups excluding carboxylic acids is 1. The van der Waals surface area contributed by atoms with Crippen LogP contribution in [0.15, 0.2) is 65.5 Å². The first-order valence-electron chi connectivity index (χ1n) is 21.6. The van der Waals surface area contributed by atoms with Gasteiger partial charge in [0.05, 0.1) is 23.1 Å². The molecule has 3 aliphatic heterocycles. The fraction of sp³-hybridized carbons (Fsp3) is 0.723. The summed E-state index contributed by atoms with van der Waals surface area (Å²) >= 11 is 0. The number of carbonyl (C=O) groups is 1. The van der Waals surface area contributed by atoms with Crippen LogP contribution in [-0.2, 0) is 20.7 Å². The first kappa shape index (κ1) is 39.3. The van der Waals surface area contributed by atoms with Gasteiger partial charge in [0, 0.05) is 24.5 Å². The van der Waals surface area contributed by atoms with Crippen molar-refractivity contribution in [3.63, 3.8) is 0 Å². The van der Waals surface area contributed by atoms with Crippen molar-refractivity contribution in [2.45, 2.75) is 154 Å². The number of allylic oxidation sites excluding steroid dienone is 3. The minimum Gasteiger partial charge on any atom is -0.393 e. The summed E-state index contributed by atoms with van der Waals surface area (Å²) in [7, 11) is 0. The van der Waals surface area contributed by atoms with Gasteiger partial charge in [0.2, 0.25) is 0 Å². The zero-order valence-electron chi connectivity index (χ0n) is 34.3. The summed E-state index contributed by atoms with van der Waals surface area (Å²) in [5, 5.41) is 39.9. The van der Waals surface area contributed by atoms with Crippen LogP contribution >= 0.6 is 0 Å². The van der Waals surface area contributed by atoms with Crippen LogP contribution in [0.1, 0.15) is 118 Å². The van der Waals surface area contributed by atoms with Crippen LogP contribution in [0.25, 0.3) is 0 Å². The van der Waals surface area contributed by atoms with E-state index in [1.807, 2.05) is 19.1 Å². The number of dihydropyridines is 1. The van der Waals surface area contributed by atoms with Gasteiger partial charge in [-0.05, 0) is 147 Å². The number of hydrogen-bond donors (Lipinski definition) is 5. The summed E-state index contributed by atoms with van der Waals surface area (Å²) in [6, 6.07) is 10.7. The largest absolute Gasteiger partial charge is 0.393 e. The van der Waals surface area contributed by atoms with Crippen LogP contribution in [0, 0.1) is 45.8 Å². The maximum absolute atomic E-state index is 14.2. The topological polar surface area (TPSA) is 138 Å². The fourth-order valence-electron chi connectivity index (χ4n) is 13.3. The molecule has 1 aromatic rings. The number of fused-ring (bicyclic) bond motifs is 5. The molecule has 0 unspecified atom stereocenters. The van der Waals surface area contributed by atoms with Crippen LogP contribution in [0.4, 0.5) is 0 Å². The summed E-state index contributed by atoms with van der Waals surface area (Å²) in [6.45, 7) is 14.5. The van der Waals surface area contributed by atoms with Crippen LogP contribution in [0.5, 0.6) is 0 Å². The number of benzene rings is 1. The lowest BCUT2D eigenvalue weighted by molar-refractivity contribution is -0.200. The zero-order chi connectivity index (χ0) is 39.2. The SMILES string of the molecule is C[C@@H]1CCO[C@]([C@H]2CC[C@@]3(O)C4=CC(=O)[C@@H]5C[C@@H](O)CC[C@]5(C)[C@H]4[C@@H](CCc4ccccc4)C[C@]23C)([C@H]2O[C@@H]2[C@](C)(O)C(C)(C)CCC2=CCNC(N)=C2)C1. The Morgan fingerprint density at radius 3 is 2.51 bits per heavy atom. The Morgan fingerprint density at radius 1 is 1.02 bits per heavy atom.